The van der Waals surface area contributed by atoms with Crippen LogP contribution in [0.25, 0.3) is 0 Å². The highest BCUT2D eigenvalue weighted by molar-refractivity contribution is 6.18. The van der Waals surface area contributed by atoms with Crippen molar-refractivity contribution in [3.8, 4) is 5.75 Å². The minimum Gasteiger partial charge on any atom is -0.494 e. The topological polar surface area (TPSA) is 99.1 Å². The quantitative estimate of drug-likeness (QED) is 0.264. The fourth-order valence-corrected chi connectivity index (χ4v) is 3.57. The summed E-state index contributed by atoms with van der Waals surface area (Å²) in [7, 11) is 0. The lowest BCUT2D eigenvalue weighted by Crippen LogP contribution is -2.27. The molecule has 0 saturated heterocycles. The van der Waals surface area contributed by atoms with Crippen LogP contribution in [0, 0.1) is 5.92 Å². The van der Waals surface area contributed by atoms with E-state index in [-0.39, 0.29) is 30.3 Å². The fraction of sp³-hybridized carbons (Fsp3) is 0.609. The highest BCUT2D eigenvalue weighted by Crippen LogP contribution is 2.27. The molecule has 172 valence electrons. The van der Waals surface area contributed by atoms with Gasteiger partial charge in [-0.05, 0) is 75.6 Å². The monoisotopic (exact) mass is 454 g/mol. The van der Waals surface area contributed by atoms with E-state index >= 15 is 0 Å². The second-order valence-corrected chi connectivity index (χ2v) is 8.04. The van der Waals surface area contributed by atoms with Crippen LogP contribution < -0.4 is 4.74 Å². The maximum Gasteiger partial charge on any atom is 0.338 e. The standard InChI is InChI=1S/C23H31ClO7/c24-14-13-21(25)30-16-4-2-1-3-15-29-19-9-7-18(8-10-19)23(28)31-20-11-5-17(6-12-20)22(26)27/h7-10,17,20H,1-6,11-16H2,(H,26,27)/t17-,20-. The lowest BCUT2D eigenvalue weighted by Gasteiger charge is -2.25. The van der Waals surface area contributed by atoms with Gasteiger partial charge in [-0.25, -0.2) is 4.79 Å². The van der Waals surface area contributed by atoms with Gasteiger partial charge in [0.2, 0.25) is 0 Å². The maximum absolute atomic E-state index is 12.3. The Labute approximate surface area is 188 Å². The van der Waals surface area contributed by atoms with E-state index in [0.717, 1.165) is 25.7 Å². The molecule has 0 atom stereocenters. The number of alkyl halides is 1. The van der Waals surface area contributed by atoms with E-state index in [9.17, 15) is 14.4 Å². The second-order valence-electron chi connectivity index (χ2n) is 7.66. The van der Waals surface area contributed by atoms with E-state index in [1.165, 1.54) is 0 Å². The van der Waals surface area contributed by atoms with Crippen molar-refractivity contribution < 1.29 is 33.7 Å². The third-order valence-electron chi connectivity index (χ3n) is 5.26. The Kier molecular flexibility index (Phi) is 11.2. The number of carboxylic acids is 1. The number of hydrogen-bond donors (Lipinski definition) is 1. The van der Waals surface area contributed by atoms with Crippen LogP contribution in [0.2, 0.25) is 0 Å². The van der Waals surface area contributed by atoms with Crippen LogP contribution in [0.1, 0.15) is 68.1 Å². The average Bonchev–Trinajstić information content (AvgIpc) is 2.76. The van der Waals surface area contributed by atoms with Gasteiger partial charge in [-0.3, -0.25) is 9.59 Å². The van der Waals surface area contributed by atoms with Gasteiger partial charge >= 0.3 is 17.9 Å². The molecular weight excluding hydrogens is 424 g/mol. The van der Waals surface area contributed by atoms with Crippen LogP contribution >= 0.6 is 11.6 Å². The largest absolute Gasteiger partial charge is 0.494 e. The molecule has 0 bridgehead atoms. The van der Waals surface area contributed by atoms with Gasteiger partial charge < -0.3 is 19.3 Å². The average molecular weight is 455 g/mol. The summed E-state index contributed by atoms with van der Waals surface area (Å²) in [6, 6.07) is 6.84. The van der Waals surface area contributed by atoms with Crippen LogP contribution in [0.4, 0.5) is 0 Å². The summed E-state index contributed by atoms with van der Waals surface area (Å²) in [5.74, 6) is -0.774. The van der Waals surface area contributed by atoms with E-state index in [1.807, 2.05) is 0 Å². The number of carboxylic acid groups (broad SMARTS) is 1. The lowest BCUT2D eigenvalue weighted by atomic mass is 9.87. The summed E-state index contributed by atoms with van der Waals surface area (Å²) in [6.07, 6.45) is 5.92. The fourth-order valence-electron chi connectivity index (χ4n) is 3.42. The van der Waals surface area contributed by atoms with Crippen molar-refractivity contribution in [3.63, 3.8) is 0 Å². The molecule has 1 aromatic carbocycles. The van der Waals surface area contributed by atoms with Crippen LogP contribution in [0.15, 0.2) is 24.3 Å². The molecule has 1 aliphatic rings. The maximum atomic E-state index is 12.3. The van der Waals surface area contributed by atoms with Gasteiger partial charge in [-0.2, -0.15) is 0 Å². The molecule has 0 unspecified atom stereocenters. The highest BCUT2D eigenvalue weighted by Gasteiger charge is 2.28. The van der Waals surface area contributed by atoms with E-state index in [2.05, 4.69) is 0 Å². The molecule has 0 amide bonds. The number of ether oxygens (including phenoxy) is 3. The SMILES string of the molecule is O=C(CCCl)OCCCCCCOc1ccc(C(=O)O[C@H]2CC[C@H](C(=O)O)CC2)cc1. The molecule has 1 N–H and O–H groups in total. The van der Waals surface area contributed by atoms with E-state index < -0.39 is 11.9 Å². The molecule has 1 fully saturated rings. The Morgan fingerprint density at radius 2 is 1.58 bits per heavy atom. The number of aliphatic carboxylic acids is 1. The van der Waals surface area contributed by atoms with Gasteiger partial charge in [-0.1, -0.05) is 0 Å². The van der Waals surface area contributed by atoms with Gasteiger partial charge in [0.15, 0.2) is 0 Å². The minimum absolute atomic E-state index is 0.220. The predicted molar refractivity (Wildman–Crippen MR) is 115 cm³/mol. The van der Waals surface area contributed by atoms with Crippen LogP contribution in [0.3, 0.4) is 0 Å². The Morgan fingerprint density at radius 1 is 0.935 bits per heavy atom. The van der Waals surface area contributed by atoms with Crippen molar-refractivity contribution in [3.05, 3.63) is 29.8 Å². The summed E-state index contributed by atoms with van der Waals surface area (Å²) in [4.78, 5) is 34.4. The molecule has 0 aliphatic heterocycles. The third kappa shape index (κ3) is 9.59. The number of esters is 2. The Morgan fingerprint density at radius 3 is 2.19 bits per heavy atom. The summed E-state index contributed by atoms with van der Waals surface area (Å²) in [6.45, 7) is 0.998. The number of carbonyl (C=O) groups is 3. The zero-order chi connectivity index (χ0) is 22.5. The van der Waals surface area contributed by atoms with Gasteiger partial charge in [0.25, 0.3) is 0 Å². The number of rotatable bonds is 13. The number of benzene rings is 1. The molecule has 31 heavy (non-hydrogen) atoms. The van der Waals surface area contributed by atoms with Crippen LogP contribution in [-0.4, -0.2) is 48.2 Å². The van der Waals surface area contributed by atoms with Crippen molar-refractivity contribution >= 4 is 29.5 Å². The number of hydrogen-bond acceptors (Lipinski definition) is 6. The first-order valence-electron chi connectivity index (χ1n) is 10.9. The summed E-state index contributed by atoms with van der Waals surface area (Å²) in [5, 5.41) is 9.03. The molecule has 1 aliphatic carbocycles. The molecule has 8 heteroatoms. The molecule has 0 heterocycles. The van der Waals surface area contributed by atoms with Crippen molar-refractivity contribution in [2.75, 3.05) is 19.1 Å². The Hall–Kier alpha value is -2.28. The van der Waals surface area contributed by atoms with E-state index in [1.54, 1.807) is 24.3 Å². The van der Waals surface area contributed by atoms with Gasteiger partial charge in [-0.15, -0.1) is 11.6 Å². The van der Waals surface area contributed by atoms with Gasteiger partial charge in [0.1, 0.15) is 11.9 Å². The van der Waals surface area contributed by atoms with Crippen molar-refractivity contribution in [2.45, 2.75) is 63.9 Å². The molecule has 1 saturated carbocycles. The third-order valence-corrected chi connectivity index (χ3v) is 5.45. The summed E-state index contributed by atoms with van der Waals surface area (Å²) in [5.41, 5.74) is 0.455. The van der Waals surface area contributed by atoms with Crippen molar-refractivity contribution in [1.29, 1.82) is 0 Å². The molecule has 0 spiro atoms. The lowest BCUT2D eigenvalue weighted by molar-refractivity contribution is -0.144. The molecule has 0 radical (unpaired) electrons. The smallest absolute Gasteiger partial charge is 0.338 e. The van der Waals surface area contributed by atoms with Crippen molar-refractivity contribution in [1.82, 2.24) is 0 Å². The second kappa shape index (κ2) is 13.9. The normalized spacial score (nSPS) is 18.2. The minimum atomic E-state index is -0.774. The molecular formula is C23H31ClO7. The van der Waals surface area contributed by atoms with E-state index in [0.29, 0.717) is 50.2 Å². The van der Waals surface area contributed by atoms with Crippen LogP contribution in [-0.2, 0) is 19.1 Å². The van der Waals surface area contributed by atoms with Crippen molar-refractivity contribution in [2.24, 2.45) is 5.92 Å². The number of halogens is 1. The number of unbranched alkanes of at least 4 members (excludes halogenated alkanes) is 3. The molecule has 0 aromatic heterocycles. The van der Waals surface area contributed by atoms with E-state index in [4.69, 9.17) is 30.9 Å². The van der Waals surface area contributed by atoms with Gasteiger partial charge in [0.05, 0.1) is 31.1 Å². The predicted octanol–water partition coefficient (Wildman–Crippen LogP) is 4.60. The molecule has 1 aromatic rings. The Bertz CT molecular complexity index is 696. The first kappa shape index (κ1) is 25.0. The zero-order valence-electron chi connectivity index (χ0n) is 17.7. The van der Waals surface area contributed by atoms with Gasteiger partial charge in [0, 0.05) is 5.88 Å². The Balaban J connectivity index is 1.57. The summed E-state index contributed by atoms with van der Waals surface area (Å²) < 4.78 is 16.2. The molecule has 7 nitrogen and oxygen atoms in total. The van der Waals surface area contributed by atoms with Crippen LogP contribution in [0.5, 0.6) is 5.75 Å². The summed E-state index contributed by atoms with van der Waals surface area (Å²) >= 11 is 5.47. The molecule has 2 rings (SSSR count). The highest BCUT2D eigenvalue weighted by atomic mass is 35.5. The zero-order valence-corrected chi connectivity index (χ0v) is 18.5. The first-order valence-corrected chi connectivity index (χ1v) is 11.4. The number of carbonyl (C=O) groups excluding carboxylic acids is 2. The first-order chi connectivity index (χ1) is 15.0.